The third-order valence-corrected chi connectivity index (χ3v) is 3.27. The van der Waals surface area contributed by atoms with E-state index < -0.39 is 12.0 Å². The number of aromatic nitrogens is 2. The minimum absolute atomic E-state index is 0.187. The highest BCUT2D eigenvalue weighted by atomic mass is 19.1. The number of amides is 2. The Morgan fingerprint density at radius 3 is 2.72 bits per heavy atom. The SMILES string of the molecule is CCOC(=O)CNC(=O)N(C)CCc1noc(-c2ccc(F)cc2)n1. The first kappa shape index (κ1) is 18.4. The quantitative estimate of drug-likeness (QED) is 0.762. The Hall–Kier alpha value is -2.97. The number of hydrogen-bond acceptors (Lipinski definition) is 6. The van der Waals surface area contributed by atoms with Crippen LogP contribution < -0.4 is 5.32 Å². The van der Waals surface area contributed by atoms with Crippen LogP contribution in [0.15, 0.2) is 28.8 Å². The van der Waals surface area contributed by atoms with Crippen molar-refractivity contribution in [1.29, 1.82) is 0 Å². The molecule has 0 atom stereocenters. The van der Waals surface area contributed by atoms with Crippen LogP contribution in [0.1, 0.15) is 12.7 Å². The third-order valence-electron chi connectivity index (χ3n) is 3.27. The topological polar surface area (TPSA) is 97.6 Å². The van der Waals surface area contributed by atoms with Crippen LogP contribution in [0.25, 0.3) is 11.5 Å². The van der Waals surface area contributed by atoms with E-state index in [0.717, 1.165) is 0 Å². The normalized spacial score (nSPS) is 10.4. The molecular formula is C16H19FN4O4. The van der Waals surface area contributed by atoms with Gasteiger partial charge in [-0.2, -0.15) is 4.98 Å². The van der Waals surface area contributed by atoms with Gasteiger partial charge >= 0.3 is 12.0 Å². The molecular weight excluding hydrogens is 331 g/mol. The number of ether oxygens (including phenoxy) is 1. The second-order valence-corrected chi connectivity index (χ2v) is 5.16. The minimum Gasteiger partial charge on any atom is -0.465 e. The Morgan fingerprint density at radius 1 is 1.32 bits per heavy atom. The fourth-order valence-corrected chi connectivity index (χ4v) is 1.93. The van der Waals surface area contributed by atoms with Crippen LogP contribution >= 0.6 is 0 Å². The molecule has 134 valence electrons. The van der Waals surface area contributed by atoms with Gasteiger partial charge in [-0.05, 0) is 31.2 Å². The summed E-state index contributed by atoms with van der Waals surface area (Å²) in [6, 6.07) is 5.29. The summed E-state index contributed by atoms with van der Waals surface area (Å²) in [5.41, 5.74) is 0.612. The van der Waals surface area contributed by atoms with Gasteiger partial charge < -0.3 is 19.5 Å². The summed E-state index contributed by atoms with van der Waals surface area (Å²) in [6.45, 7) is 2.10. The molecule has 1 N–H and O–H groups in total. The summed E-state index contributed by atoms with van der Waals surface area (Å²) < 4.78 is 22.8. The van der Waals surface area contributed by atoms with E-state index in [9.17, 15) is 14.0 Å². The number of carbonyl (C=O) groups is 2. The number of esters is 1. The predicted octanol–water partition coefficient (Wildman–Crippen LogP) is 1.62. The molecule has 2 aromatic rings. The van der Waals surface area contributed by atoms with Crippen molar-refractivity contribution in [2.45, 2.75) is 13.3 Å². The van der Waals surface area contributed by atoms with Gasteiger partial charge in [0.1, 0.15) is 12.4 Å². The number of urea groups is 1. The van der Waals surface area contributed by atoms with Crippen molar-refractivity contribution in [1.82, 2.24) is 20.4 Å². The number of likely N-dealkylation sites (N-methyl/N-ethyl adjacent to an activating group) is 1. The van der Waals surface area contributed by atoms with Gasteiger partial charge in [0.15, 0.2) is 5.82 Å². The molecule has 25 heavy (non-hydrogen) atoms. The lowest BCUT2D eigenvalue weighted by atomic mass is 10.2. The largest absolute Gasteiger partial charge is 0.465 e. The molecule has 1 heterocycles. The molecule has 0 aliphatic carbocycles. The van der Waals surface area contributed by atoms with Crippen LogP contribution in [0.2, 0.25) is 0 Å². The molecule has 8 nitrogen and oxygen atoms in total. The van der Waals surface area contributed by atoms with E-state index >= 15 is 0 Å². The number of halogens is 1. The molecule has 0 aliphatic rings. The maximum atomic E-state index is 12.9. The van der Waals surface area contributed by atoms with Crippen LogP contribution in [0, 0.1) is 5.82 Å². The van der Waals surface area contributed by atoms with E-state index in [1.807, 2.05) is 0 Å². The van der Waals surface area contributed by atoms with Crippen molar-refractivity contribution in [2.75, 3.05) is 26.7 Å². The van der Waals surface area contributed by atoms with Crippen molar-refractivity contribution in [3.8, 4) is 11.5 Å². The smallest absolute Gasteiger partial charge is 0.325 e. The van der Waals surface area contributed by atoms with Gasteiger partial charge in [0, 0.05) is 25.6 Å². The Kier molecular flexibility index (Phi) is 6.44. The van der Waals surface area contributed by atoms with Gasteiger partial charge in [-0.3, -0.25) is 4.79 Å². The first-order valence-corrected chi connectivity index (χ1v) is 7.72. The Morgan fingerprint density at radius 2 is 2.04 bits per heavy atom. The van der Waals surface area contributed by atoms with Crippen LogP contribution in [0.4, 0.5) is 9.18 Å². The molecule has 0 unspecified atom stereocenters. The first-order valence-electron chi connectivity index (χ1n) is 7.72. The van der Waals surface area contributed by atoms with Gasteiger partial charge in [0.2, 0.25) is 0 Å². The minimum atomic E-state index is -0.494. The second kappa shape index (κ2) is 8.76. The Labute approximate surface area is 144 Å². The molecule has 0 aliphatic heterocycles. The zero-order valence-electron chi connectivity index (χ0n) is 14.0. The second-order valence-electron chi connectivity index (χ2n) is 5.16. The molecule has 0 saturated heterocycles. The van der Waals surface area contributed by atoms with Crippen molar-refractivity contribution < 1.29 is 23.2 Å². The molecule has 1 aromatic carbocycles. The fraction of sp³-hybridized carbons (Fsp3) is 0.375. The monoisotopic (exact) mass is 350 g/mol. The van der Waals surface area contributed by atoms with E-state index in [2.05, 4.69) is 15.5 Å². The van der Waals surface area contributed by atoms with E-state index in [1.165, 1.54) is 17.0 Å². The average molecular weight is 350 g/mol. The molecule has 0 bridgehead atoms. The molecule has 9 heteroatoms. The van der Waals surface area contributed by atoms with E-state index in [1.54, 1.807) is 26.1 Å². The molecule has 0 fully saturated rings. The van der Waals surface area contributed by atoms with Crippen LogP contribution in [0.3, 0.4) is 0 Å². The summed E-state index contributed by atoms with van der Waals surface area (Å²) in [7, 11) is 1.58. The van der Waals surface area contributed by atoms with Gasteiger partial charge in [0.25, 0.3) is 5.89 Å². The average Bonchev–Trinajstić information content (AvgIpc) is 3.07. The van der Waals surface area contributed by atoms with Crippen LogP contribution in [-0.4, -0.2) is 53.8 Å². The highest BCUT2D eigenvalue weighted by molar-refractivity contribution is 5.80. The lowest BCUT2D eigenvalue weighted by Gasteiger charge is -2.16. The maximum Gasteiger partial charge on any atom is 0.325 e. The van der Waals surface area contributed by atoms with Crippen molar-refractivity contribution in [3.05, 3.63) is 35.9 Å². The summed E-state index contributed by atoms with van der Waals surface area (Å²) >= 11 is 0. The van der Waals surface area contributed by atoms with Gasteiger partial charge in [-0.25, -0.2) is 9.18 Å². The third kappa shape index (κ3) is 5.55. The van der Waals surface area contributed by atoms with Crippen molar-refractivity contribution in [2.24, 2.45) is 0 Å². The van der Waals surface area contributed by atoms with Gasteiger partial charge in [0.05, 0.1) is 6.61 Å². The van der Waals surface area contributed by atoms with Crippen molar-refractivity contribution in [3.63, 3.8) is 0 Å². The van der Waals surface area contributed by atoms with Gasteiger partial charge in [-0.15, -0.1) is 0 Å². The molecule has 2 amide bonds. The number of hydrogen-bond donors (Lipinski definition) is 1. The Bertz CT molecular complexity index is 717. The molecule has 2 rings (SSSR count). The highest BCUT2D eigenvalue weighted by Gasteiger charge is 2.13. The zero-order chi connectivity index (χ0) is 18.2. The van der Waals surface area contributed by atoms with E-state index in [-0.39, 0.29) is 24.9 Å². The first-order chi connectivity index (χ1) is 12.0. The Balaban J connectivity index is 1.81. The summed E-state index contributed by atoms with van der Waals surface area (Å²) in [6.07, 6.45) is 0.369. The van der Waals surface area contributed by atoms with E-state index in [4.69, 9.17) is 9.26 Å². The number of nitrogens with one attached hydrogen (secondary N) is 1. The molecule has 0 saturated carbocycles. The highest BCUT2D eigenvalue weighted by Crippen LogP contribution is 2.17. The number of carbonyl (C=O) groups excluding carboxylic acids is 2. The fourth-order valence-electron chi connectivity index (χ4n) is 1.93. The maximum absolute atomic E-state index is 12.9. The molecule has 0 radical (unpaired) electrons. The zero-order valence-corrected chi connectivity index (χ0v) is 14.0. The summed E-state index contributed by atoms with van der Waals surface area (Å²) in [5.74, 6) is -0.140. The molecule has 1 aromatic heterocycles. The summed E-state index contributed by atoms with van der Waals surface area (Å²) in [4.78, 5) is 28.6. The predicted molar refractivity (Wildman–Crippen MR) is 86.1 cm³/mol. The lowest BCUT2D eigenvalue weighted by molar-refractivity contribution is -0.141. The van der Waals surface area contributed by atoms with Crippen LogP contribution in [-0.2, 0) is 16.0 Å². The number of benzene rings is 1. The lowest BCUT2D eigenvalue weighted by Crippen LogP contribution is -2.41. The number of nitrogens with zero attached hydrogens (tertiary/aromatic N) is 3. The van der Waals surface area contributed by atoms with Gasteiger partial charge in [-0.1, -0.05) is 5.16 Å². The van der Waals surface area contributed by atoms with Crippen molar-refractivity contribution >= 4 is 12.0 Å². The van der Waals surface area contributed by atoms with E-state index in [0.29, 0.717) is 24.4 Å². The summed E-state index contributed by atoms with van der Waals surface area (Å²) in [5, 5.41) is 6.28. The number of rotatable bonds is 7. The standard InChI is InChI=1S/C16H19FN4O4/c1-3-24-14(22)10-18-16(23)21(2)9-8-13-19-15(25-20-13)11-4-6-12(17)7-5-11/h4-7H,3,8-10H2,1-2H3,(H,18,23). The van der Waals surface area contributed by atoms with Crippen LogP contribution in [0.5, 0.6) is 0 Å². The molecule has 0 spiro atoms.